The highest BCUT2D eigenvalue weighted by molar-refractivity contribution is 5.24. The molecule has 1 aliphatic heterocycles. The van der Waals surface area contributed by atoms with E-state index in [1.165, 1.54) is 11.1 Å². The maximum Gasteiger partial charge on any atom is 0.0471 e. The van der Waals surface area contributed by atoms with Gasteiger partial charge in [0.25, 0.3) is 0 Å². The molecule has 0 spiro atoms. The van der Waals surface area contributed by atoms with E-state index < -0.39 is 0 Å². The molecule has 1 aromatic carbocycles. The molecule has 2 rings (SSSR count). The molecule has 0 unspecified atom stereocenters. The van der Waals surface area contributed by atoms with E-state index in [9.17, 15) is 0 Å². The summed E-state index contributed by atoms with van der Waals surface area (Å²) in [5.74, 6) is 0. The molecule has 0 amide bonds. The molecule has 0 aliphatic carbocycles. The standard InChI is InChI=1S/C15H23NO2/c16-12-15(6-9-18-10-7-15)11-14-3-1-13(2-4-14)5-8-17/h1-4,17H,5-12,16H2. The van der Waals surface area contributed by atoms with Crippen LogP contribution in [0.4, 0.5) is 0 Å². The Morgan fingerprint density at radius 2 is 1.72 bits per heavy atom. The van der Waals surface area contributed by atoms with Gasteiger partial charge in [-0.25, -0.2) is 0 Å². The SMILES string of the molecule is NCC1(Cc2ccc(CCO)cc2)CCOCC1. The first-order valence-corrected chi connectivity index (χ1v) is 6.74. The van der Waals surface area contributed by atoms with Gasteiger partial charge < -0.3 is 15.6 Å². The number of aliphatic hydroxyl groups excluding tert-OH is 1. The lowest BCUT2D eigenvalue weighted by Crippen LogP contribution is -2.38. The van der Waals surface area contributed by atoms with Crippen LogP contribution in [0.1, 0.15) is 24.0 Å². The highest BCUT2D eigenvalue weighted by atomic mass is 16.5. The Morgan fingerprint density at radius 1 is 1.11 bits per heavy atom. The largest absolute Gasteiger partial charge is 0.396 e. The summed E-state index contributed by atoms with van der Waals surface area (Å²) in [6.45, 7) is 2.61. The third-order valence-electron chi connectivity index (χ3n) is 3.99. The van der Waals surface area contributed by atoms with Crippen molar-refractivity contribution in [3.8, 4) is 0 Å². The molecule has 1 aromatic rings. The minimum atomic E-state index is 0.212. The van der Waals surface area contributed by atoms with Crippen molar-refractivity contribution in [1.82, 2.24) is 0 Å². The number of hydrogen-bond donors (Lipinski definition) is 2. The van der Waals surface area contributed by atoms with Gasteiger partial charge in [-0.3, -0.25) is 0 Å². The summed E-state index contributed by atoms with van der Waals surface area (Å²) < 4.78 is 5.43. The summed E-state index contributed by atoms with van der Waals surface area (Å²) in [6, 6.07) is 8.54. The molecular weight excluding hydrogens is 226 g/mol. The average Bonchev–Trinajstić information content (AvgIpc) is 2.42. The Balaban J connectivity index is 2.02. The smallest absolute Gasteiger partial charge is 0.0471 e. The topological polar surface area (TPSA) is 55.5 Å². The number of benzene rings is 1. The van der Waals surface area contributed by atoms with Crippen LogP contribution in [0.2, 0.25) is 0 Å². The highest BCUT2D eigenvalue weighted by Crippen LogP contribution is 2.33. The first-order chi connectivity index (χ1) is 8.78. The molecule has 18 heavy (non-hydrogen) atoms. The molecule has 1 heterocycles. The molecule has 100 valence electrons. The molecule has 0 bridgehead atoms. The van der Waals surface area contributed by atoms with Gasteiger partial charge in [0.15, 0.2) is 0 Å². The van der Waals surface area contributed by atoms with Crippen LogP contribution in [0.15, 0.2) is 24.3 Å². The van der Waals surface area contributed by atoms with Crippen LogP contribution in [0.3, 0.4) is 0 Å². The number of hydrogen-bond acceptors (Lipinski definition) is 3. The highest BCUT2D eigenvalue weighted by Gasteiger charge is 2.31. The Kier molecular flexibility index (Phi) is 4.75. The van der Waals surface area contributed by atoms with Gasteiger partial charge in [-0.1, -0.05) is 24.3 Å². The molecule has 0 atom stereocenters. The van der Waals surface area contributed by atoms with Crippen LogP contribution in [0.25, 0.3) is 0 Å². The van der Waals surface area contributed by atoms with Crippen molar-refractivity contribution in [1.29, 1.82) is 0 Å². The molecule has 3 N–H and O–H groups in total. The lowest BCUT2D eigenvalue weighted by Gasteiger charge is -2.36. The number of aliphatic hydroxyl groups is 1. The Bertz CT molecular complexity index is 355. The van der Waals surface area contributed by atoms with Crippen LogP contribution in [-0.4, -0.2) is 31.5 Å². The third-order valence-corrected chi connectivity index (χ3v) is 3.99. The van der Waals surface area contributed by atoms with Crippen molar-refractivity contribution in [2.24, 2.45) is 11.1 Å². The zero-order chi connectivity index (χ0) is 12.8. The lowest BCUT2D eigenvalue weighted by atomic mass is 9.75. The number of ether oxygens (including phenoxy) is 1. The summed E-state index contributed by atoms with van der Waals surface area (Å²) in [6.07, 6.45) is 3.88. The van der Waals surface area contributed by atoms with Crippen molar-refractivity contribution >= 4 is 0 Å². The van der Waals surface area contributed by atoms with E-state index in [1.54, 1.807) is 0 Å². The maximum atomic E-state index is 8.90. The van der Waals surface area contributed by atoms with E-state index in [1.807, 2.05) is 0 Å². The summed E-state index contributed by atoms with van der Waals surface area (Å²) >= 11 is 0. The number of nitrogens with two attached hydrogens (primary N) is 1. The van der Waals surface area contributed by atoms with Crippen molar-refractivity contribution in [2.45, 2.75) is 25.7 Å². The molecule has 1 aliphatic rings. The molecule has 3 nitrogen and oxygen atoms in total. The van der Waals surface area contributed by atoms with Gasteiger partial charge in [-0.05, 0) is 48.8 Å². The Labute approximate surface area is 109 Å². The molecule has 3 heteroatoms. The normalized spacial score (nSPS) is 18.8. The fourth-order valence-corrected chi connectivity index (χ4v) is 2.64. The molecule has 0 saturated carbocycles. The summed E-state index contributed by atoms with van der Waals surface area (Å²) in [7, 11) is 0. The van der Waals surface area contributed by atoms with Crippen LogP contribution < -0.4 is 5.73 Å². The van der Waals surface area contributed by atoms with Gasteiger partial charge in [0, 0.05) is 19.8 Å². The average molecular weight is 249 g/mol. The van der Waals surface area contributed by atoms with E-state index in [0.717, 1.165) is 45.4 Å². The van der Waals surface area contributed by atoms with Gasteiger partial charge in [0.1, 0.15) is 0 Å². The predicted octanol–water partition coefficient (Wildman–Crippen LogP) is 1.52. The zero-order valence-electron chi connectivity index (χ0n) is 10.9. The lowest BCUT2D eigenvalue weighted by molar-refractivity contribution is 0.0191. The summed E-state index contributed by atoms with van der Waals surface area (Å²) in [5.41, 5.74) is 8.72. The second kappa shape index (κ2) is 6.32. The number of rotatable bonds is 5. The van der Waals surface area contributed by atoms with Crippen LogP contribution in [-0.2, 0) is 17.6 Å². The molecular formula is C15H23NO2. The van der Waals surface area contributed by atoms with E-state index in [-0.39, 0.29) is 12.0 Å². The fourth-order valence-electron chi connectivity index (χ4n) is 2.64. The van der Waals surface area contributed by atoms with E-state index in [4.69, 9.17) is 15.6 Å². The van der Waals surface area contributed by atoms with E-state index in [2.05, 4.69) is 24.3 Å². The first kappa shape index (κ1) is 13.5. The van der Waals surface area contributed by atoms with Crippen LogP contribution in [0, 0.1) is 5.41 Å². The third kappa shape index (κ3) is 3.31. The van der Waals surface area contributed by atoms with Crippen molar-refractivity contribution in [2.75, 3.05) is 26.4 Å². The van der Waals surface area contributed by atoms with Gasteiger partial charge in [0.2, 0.25) is 0 Å². The van der Waals surface area contributed by atoms with Gasteiger partial charge in [-0.15, -0.1) is 0 Å². The predicted molar refractivity (Wildman–Crippen MR) is 72.5 cm³/mol. The van der Waals surface area contributed by atoms with Gasteiger partial charge >= 0.3 is 0 Å². The summed E-state index contributed by atoms with van der Waals surface area (Å²) in [5, 5.41) is 8.90. The van der Waals surface area contributed by atoms with Crippen molar-refractivity contribution < 1.29 is 9.84 Å². The fraction of sp³-hybridized carbons (Fsp3) is 0.600. The minimum Gasteiger partial charge on any atom is -0.396 e. The van der Waals surface area contributed by atoms with Crippen LogP contribution in [0.5, 0.6) is 0 Å². The Morgan fingerprint density at radius 3 is 2.28 bits per heavy atom. The summed E-state index contributed by atoms with van der Waals surface area (Å²) in [4.78, 5) is 0. The van der Waals surface area contributed by atoms with E-state index >= 15 is 0 Å². The second-order valence-corrected chi connectivity index (χ2v) is 5.28. The monoisotopic (exact) mass is 249 g/mol. The zero-order valence-corrected chi connectivity index (χ0v) is 10.9. The second-order valence-electron chi connectivity index (χ2n) is 5.28. The van der Waals surface area contributed by atoms with Crippen molar-refractivity contribution in [3.05, 3.63) is 35.4 Å². The Hall–Kier alpha value is -0.900. The quantitative estimate of drug-likeness (QED) is 0.832. The first-order valence-electron chi connectivity index (χ1n) is 6.74. The molecule has 0 radical (unpaired) electrons. The molecule has 1 saturated heterocycles. The van der Waals surface area contributed by atoms with Gasteiger partial charge in [-0.2, -0.15) is 0 Å². The minimum absolute atomic E-state index is 0.212. The molecule has 0 aromatic heterocycles. The van der Waals surface area contributed by atoms with E-state index in [0.29, 0.717) is 0 Å². The molecule has 1 fully saturated rings. The van der Waals surface area contributed by atoms with Crippen LogP contribution >= 0.6 is 0 Å². The van der Waals surface area contributed by atoms with Crippen molar-refractivity contribution in [3.63, 3.8) is 0 Å². The van der Waals surface area contributed by atoms with Gasteiger partial charge in [0.05, 0.1) is 0 Å². The maximum absolute atomic E-state index is 8.90.